The lowest BCUT2D eigenvalue weighted by atomic mass is 10.2. The number of halogens is 2. The smallest absolute Gasteiger partial charge is 0.391 e. The first-order valence-electron chi connectivity index (χ1n) is 6.46. The zero-order chi connectivity index (χ0) is 20.5. The second-order valence-electron chi connectivity index (χ2n) is 4.62. The Morgan fingerprint density at radius 2 is 0.889 bits per heavy atom. The van der Waals surface area contributed by atoms with Crippen LogP contribution in [0.3, 0.4) is 0 Å². The summed E-state index contributed by atoms with van der Waals surface area (Å²) in [5, 5.41) is 43.9. The van der Waals surface area contributed by atoms with Crippen molar-refractivity contribution in [3.05, 3.63) is 76.4 Å². The van der Waals surface area contributed by atoms with Crippen molar-refractivity contribution >= 4 is 22.7 Å². The summed E-state index contributed by atoms with van der Waals surface area (Å²) in [5.74, 6) is -5.20. The molecule has 0 aliphatic heterocycles. The van der Waals surface area contributed by atoms with Crippen molar-refractivity contribution in [2.24, 2.45) is 0 Å². The fourth-order valence-electron chi connectivity index (χ4n) is 2.06. The number of nitro benzene ring substituents is 4. The molecule has 0 heterocycles. The summed E-state index contributed by atoms with van der Waals surface area (Å²) in [6.45, 7) is 0. The number of rotatable bonds is 6. The topological polar surface area (TPSA) is 182 Å². The molecule has 140 valence electrons. The number of ether oxygens (including phenoxy) is 1. The van der Waals surface area contributed by atoms with Gasteiger partial charge in [-0.25, -0.2) is 0 Å². The van der Waals surface area contributed by atoms with Gasteiger partial charge in [-0.3, -0.25) is 40.5 Å². The van der Waals surface area contributed by atoms with E-state index in [-0.39, 0.29) is 0 Å². The Labute approximate surface area is 145 Å². The highest BCUT2D eigenvalue weighted by Gasteiger charge is 2.38. The molecule has 0 radical (unpaired) electrons. The van der Waals surface area contributed by atoms with Gasteiger partial charge in [0.05, 0.1) is 19.7 Å². The highest BCUT2D eigenvalue weighted by atomic mass is 19.1. The third-order valence-corrected chi connectivity index (χ3v) is 3.08. The third kappa shape index (κ3) is 3.41. The lowest BCUT2D eigenvalue weighted by molar-refractivity contribution is -0.426. The molecule has 0 bridgehead atoms. The number of hydrogen-bond donors (Lipinski definition) is 0. The lowest BCUT2D eigenvalue weighted by Crippen LogP contribution is -2.04. The zero-order valence-electron chi connectivity index (χ0n) is 12.5. The maximum atomic E-state index is 13.6. The third-order valence-electron chi connectivity index (χ3n) is 3.08. The van der Waals surface area contributed by atoms with Crippen LogP contribution in [0.15, 0.2) is 24.3 Å². The minimum absolute atomic E-state index is 0.421. The Morgan fingerprint density at radius 3 is 1.15 bits per heavy atom. The van der Waals surface area contributed by atoms with Gasteiger partial charge in [-0.1, -0.05) is 0 Å². The second kappa shape index (κ2) is 6.90. The van der Waals surface area contributed by atoms with E-state index in [1.807, 2.05) is 0 Å². The molecule has 27 heavy (non-hydrogen) atoms. The van der Waals surface area contributed by atoms with E-state index in [2.05, 4.69) is 0 Å². The zero-order valence-corrected chi connectivity index (χ0v) is 12.5. The van der Waals surface area contributed by atoms with Gasteiger partial charge in [-0.15, -0.1) is 0 Å². The first kappa shape index (κ1) is 19.0. The SMILES string of the molecule is O=[N+]([O-])c1c(F)ccc(Oc2ccc(F)c([N+](=O)[O-])c2[N+](=O)[O-])c1[N+](=O)[O-]. The van der Waals surface area contributed by atoms with Gasteiger partial charge in [0.2, 0.25) is 23.1 Å². The van der Waals surface area contributed by atoms with Gasteiger partial charge < -0.3 is 4.74 Å². The van der Waals surface area contributed by atoms with E-state index in [0.29, 0.717) is 24.3 Å². The molecule has 0 aromatic heterocycles. The van der Waals surface area contributed by atoms with Crippen LogP contribution in [0.4, 0.5) is 31.5 Å². The van der Waals surface area contributed by atoms with Crippen LogP contribution in [-0.4, -0.2) is 19.7 Å². The molecule has 0 amide bonds. The molecule has 15 heteroatoms. The van der Waals surface area contributed by atoms with Crippen molar-refractivity contribution in [1.82, 2.24) is 0 Å². The molecular formula is C12H4F2N4O9. The fourth-order valence-corrected chi connectivity index (χ4v) is 2.06. The molecule has 2 aromatic carbocycles. The maximum absolute atomic E-state index is 13.6. The predicted molar refractivity (Wildman–Crippen MR) is 79.5 cm³/mol. The monoisotopic (exact) mass is 386 g/mol. The van der Waals surface area contributed by atoms with E-state index in [1.54, 1.807) is 0 Å². The van der Waals surface area contributed by atoms with Crippen LogP contribution >= 0.6 is 0 Å². The van der Waals surface area contributed by atoms with Crippen molar-refractivity contribution in [2.45, 2.75) is 0 Å². The molecule has 0 spiro atoms. The van der Waals surface area contributed by atoms with E-state index in [9.17, 15) is 49.2 Å². The van der Waals surface area contributed by atoms with Gasteiger partial charge in [0.1, 0.15) is 0 Å². The molecule has 0 fully saturated rings. The van der Waals surface area contributed by atoms with E-state index in [4.69, 9.17) is 4.74 Å². The minimum atomic E-state index is -1.59. The average molecular weight is 386 g/mol. The molecule has 2 aromatic rings. The molecule has 0 saturated heterocycles. The quantitative estimate of drug-likeness (QED) is 0.530. The number of benzene rings is 2. The van der Waals surface area contributed by atoms with E-state index in [0.717, 1.165) is 0 Å². The van der Waals surface area contributed by atoms with Crippen molar-refractivity contribution in [3.63, 3.8) is 0 Å². The van der Waals surface area contributed by atoms with Crippen LogP contribution in [-0.2, 0) is 0 Å². The van der Waals surface area contributed by atoms with Gasteiger partial charge in [0.15, 0.2) is 0 Å². The summed E-state index contributed by atoms with van der Waals surface area (Å²) in [4.78, 5) is 38.3. The van der Waals surface area contributed by atoms with Gasteiger partial charge in [-0.2, -0.15) is 8.78 Å². The molecular weight excluding hydrogens is 382 g/mol. The molecule has 0 aliphatic carbocycles. The van der Waals surface area contributed by atoms with Gasteiger partial charge >= 0.3 is 22.7 Å². The minimum Gasteiger partial charge on any atom is -0.442 e. The highest BCUT2D eigenvalue weighted by Crippen LogP contribution is 2.45. The largest absolute Gasteiger partial charge is 0.442 e. The van der Waals surface area contributed by atoms with Crippen LogP contribution in [0, 0.1) is 52.1 Å². The predicted octanol–water partition coefficient (Wildman–Crippen LogP) is 3.39. The number of nitro groups is 4. The standard InChI is InChI=1S/C12H4F2N4O9/c13-5-1-3-7(11(17(23)24)9(5)15(19)20)27-8-4-2-6(14)10(16(21)22)12(8)18(25)26/h1-4H. The van der Waals surface area contributed by atoms with Gasteiger partial charge in [0.25, 0.3) is 0 Å². The van der Waals surface area contributed by atoms with Crippen molar-refractivity contribution in [2.75, 3.05) is 0 Å². The Balaban J connectivity index is 2.76. The van der Waals surface area contributed by atoms with Crippen LogP contribution in [0.2, 0.25) is 0 Å². The number of nitrogens with zero attached hydrogens (tertiary/aromatic N) is 4. The molecule has 2 rings (SSSR count). The first-order valence-corrected chi connectivity index (χ1v) is 6.46. The van der Waals surface area contributed by atoms with Crippen LogP contribution in [0.5, 0.6) is 11.5 Å². The van der Waals surface area contributed by atoms with Crippen LogP contribution in [0.25, 0.3) is 0 Å². The average Bonchev–Trinajstić information content (AvgIpc) is 2.55. The fraction of sp³-hybridized carbons (Fsp3) is 0. The molecule has 0 N–H and O–H groups in total. The van der Waals surface area contributed by atoms with Crippen molar-refractivity contribution < 1.29 is 33.2 Å². The lowest BCUT2D eigenvalue weighted by Gasteiger charge is -2.08. The number of hydrogen-bond acceptors (Lipinski definition) is 9. The summed E-state index contributed by atoms with van der Waals surface area (Å²) in [7, 11) is 0. The summed E-state index contributed by atoms with van der Waals surface area (Å²) in [5.41, 5.74) is -6.14. The second-order valence-corrected chi connectivity index (χ2v) is 4.62. The summed E-state index contributed by atoms with van der Waals surface area (Å²) < 4.78 is 32.0. The Bertz CT molecular complexity index is 931. The molecule has 0 unspecified atom stereocenters. The normalized spacial score (nSPS) is 10.3. The summed E-state index contributed by atoms with van der Waals surface area (Å²) >= 11 is 0. The Hall–Kier alpha value is -4.30. The first-order chi connectivity index (χ1) is 12.6. The van der Waals surface area contributed by atoms with Crippen molar-refractivity contribution in [1.29, 1.82) is 0 Å². The van der Waals surface area contributed by atoms with E-state index in [1.165, 1.54) is 0 Å². The van der Waals surface area contributed by atoms with Crippen LogP contribution in [0.1, 0.15) is 0 Å². The highest BCUT2D eigenvalue weighted by molar-refractivity contribution is 5.67. The van der Waals surface area contributed by atoms with E-state index >= 15 is 0 Å². The Morgan fingerprint density at radius 1 is 0.593 bits per heavy atom. The summed E-state index contributed by atoms with van der Waals surface area (Å²) in [6, 6.07) is 1.95. The molecule has 13 nitrogen and oxygen atoms in total. The van der Waals surface area contributed by atoms with Crippen molar-refractivity contribution in [3.8, 4) is 11.5 Å². The van der Waals surface area contributed by atoms with Gasteiger partial charge in [0, 0.05) is 0 Å². The van der Waals surface area contributed by atoms with E-state index < -0.39 is 65.6 Å². The molecule has 0 aliphatic rings. The Kier molecular flexibility index (Phi) is 4.87. The summed E-state index contributed by atoms with van der Waals surface area (Å²) in [6.07, 6.45) is 0. The van der Waals surface area contributed by atoms with Gasteiger partial charge in [-0.05, 0) is 24.3 Å². The molecule has 0 saturated carbocycles. The van der Waals surface area contributed by atoms with Crippen LogP contribution < -0.4 is 4.74 Å². The molecule has 0 atom stereocenters. The maximum Gasteiger partial charge on any atom is 0.391 e.